The van der Waals surface area contributed by atoms with E-state index < -0.39 is 9.84 Å². The fourth-order valence-corrected chi connectivity index (χ4v) is 3.57. The number of aromatic nitrogens is 2. The summed E-state index contributed by atoms with van der Waals surface area (Å²) in [5.74, 6) is 1.38. The summed E-state index contributed by atoms with van der Waals surface area (Å²) in [5, 5.41) is 3.56. The quantitative estimate of drug-likeness (QED) is 0.920. The van der Waals surface area contributed by atoms with Gasteiger partial charge in [-0.25, -0.2) is 13.4 Å². The number of hydrogen-bond acceptors (Lipinski definition) is 4. The number of nitrogens with one attached hydrogen (secondary N) is 1. The van der Waals surface area contributed by atoms with Gasteiger partial charge < -0.3 is 9.88 Å². The molecule has 0 radical (unpaired) electrons. The molecule has 114 valence electrons. The summed E-state index contributed by atoms with van der Waals surface area (Å²) in [7, 11) is -3.20. The van der Waals surface area contributed by atoms with Crippen LogP contribution in [-0.2, 0) is 21.9 Å². The van der Waals surface area contributed by atoms with Crippen LogP contribution >= 0.6 is 0 Å². The van der Waals surface area contributed by atoms with Crippen LogP contribution in [0.5, 0.6) is 0 Å². The second-order valence-electron chi connectivity index (χ2n) is 6.29. The third-order valence-corrected chi connectivity index (χ3v) is 5.70. The molecule has 0 amide bonds. The molecule has 5 nitrogen and oxygen atoms in total. The van der Waals surface area contributed by atoms with Crippen molar-refractivity contribution in [3.05, 3.63) is 24.0 Å². The first-order valence-electron chi connectivity index (χ1n) is 7.19. The van der Waals surface area contributed by atoms with Crippen molar-refractivity contribution in [3.63, 3.8) is 0 Å². The van der Waals surface area contributed by atoms with Crippen LogP contribution < -0.4 is 5.32 Å². The van der Waals surface area contributed by atoms with E-state index in [1.54, 1.807) is 18.2 Å². The van der Waals surface area contributed by atoms with E-state index >= 15 is 0 Å². The van der Waals surface area contributed by atoms with Crippen molar-refractivity contribution in [2.45, 2.75) is 37.8 Å². The first-order valence-corrected chi connectivity index (χ1v) is 9.08. The first-order chi connectivity index (χ1) is 9.73. The summed E-state index contributed by atoms with van der Waals surface area (Å²) in [6.45, 7) is 8.16. The Bertz CT molecular complexity index is 808. The maximum atomic E-state index is 11.8. The van der Waals surface area contributed by atoms with Crippen LogP contribution in [0.1, 0.15) is 26.6 Å². The van der Waals surface area contributed by atoms with Crippen LogP contribution in [0.15, 0.2) is 23.1 Å². The van der Waals surface area contributed by atoms with E-state index in [0.29, 0.717) is 10.8 Å². The highest BCUT2D eigenvalue weighted by Gasteiger charge is 2.37. The smallest absolute Gasteiger partial charge is 0.175 e. The molecule has 2 heterocycles. The minimum Gasteiger partial charge on any atom is -0.325 e. The lowest BCUT2D eigenvalue weighted by Gasteiger charge is -2.38. The highest BCUT2D eigenvalue weighted by atomic mass is 32.2. The summed E-state index contributed by atoms with van der Waals surface area (Å²) in [5.41, 5.74) is 1.57. The zero-order valence-corrected chi connectivity index (χ0v) is 13.7. The predicted octanol–water partition coefficient (Wildman–Crippen LogP) is 1.91. The number of imidazole rings is 1. The van der Waals surface area contributed by atoms with E-state index in [2.05, 4.69) is 30.7 Å². The lowest BCUT2D eigenvalue weighted by atomic mass is 9.86. The zero-order chi connectivity index (χ0) is 15.4. The predicted molar refractivity (Wildman–Crippen MR) is 83.0 cm³/mol. The third kappa shape index (κ3) is 2.17. The van der Waals surface area contributed by atoms with Crippen molar-refractivity contribution in [3.8, 4) is 0 Å². The molecule has 2 aromatic rings. The number of fused-ring (bicyclic) bond motifs is 3. The topological polar surface area (TPSA) is 64.0 Å². The van der Waals surface area contributed by atoms with Gasteiger partial charge in [0.25, 0.3) is 0 Å². The Morgan fingerprint density at radius 3 is 2.71 bits per heavy atom. The molecule has 21 heavy (non-hydrogen) atoms. The van der Waals surface area contributed by atoms with E-state index in [1.807, 2.05) is 0 Å². The van der Waals surface area contributed by atoms with Crippen LogP contribution in [0.25, 0.3) is 11.0 Å². The Kier molecular flexibility index (Phi) is 3.15. The van der Waals surface area contributed by atoms with Gasteiger partial charge in [0.15, 0.2) is 9.84 Å². The molecule has 1 atom stereocenters. The van der Waals surface area contributed by atoms with Gasteiger partial charge in [-0.1, -0.05) is 13.8 Å². The van der Waals surface area contributed by atoms with Crippen molar-refractivity contribution in [2.75, 3.05) is 12.8 Å². The fourth-order valence-electron chi connectivity index (χ4n) is 2.92. The molecule has 0 spiro atoms. The molecule has 0 saturated carbocycles. The molecule has 0 saturated heterocycles. The van der Waals surface area contributed by atoms with Crippen LogP contribution in [0, 0.1) is 5.92 Å². The molecule has 1 aromatic heterocycles. The van der Waals surface area contributed by atoms with Gasteiger partial charge in [0.05, 0.1) is 21.5 Å². The molecule has 0 unspecified atom stereocenters. The Morgan fingerprint density at radius 1 is 1.38 bits per heavy atom. The molecular weight excluding hydrogens is 286 g/mol. The molecule has 0 aliphatic carbocycles. The highest BCUT2D eigenvalue weighted by molar-refractivity contribution is 7.90. The number of nitrogens with zero attached hydrogens (tertiary/aromatic N) is 2. The van der Waals surface area contributed by atoms with Gasteiger partial charge >= 0.3 is 0 Å². The van der Waals surface area contributed by atoms with Crippen molar-refractivity contribution in [2.24, 2.45) is 5.92 Å². The van der Waals surface area contributed by atoms with Crippen molar-refractivity contribution < 1.29 is 8.42 Å². The summed E-state index contributed by atoms with van der Waals surface area (Å²) in [6, 6.07) is 5.18. The van der Waals surface area contributed by atoms with Gasteiger partial charge in [0.1, 0.15) is 5.82 Å². The molecule has 0 fully saturated rings. The van der Waals surface area contributed by atoms with Gasteiger partial charge in [-0.05, 0) is 31.0 Å². The standard InChI is InChI=1S/C15H21N3O2S/c1-10(2)15(3)14-17-12-6-5-11(21(4,19)20)9-13(12)18(14)8-7-16-15/h5-6,9-10,16H,7-8H2,1-4H3/t15-/m1/s1. The average Bonchev–Trinajstić information content (AvgIpc) is 2.77. The maximum absolute atomic E-state index is 11.8. The van der Waals surface area contributed by atoms with E-state index in [0.717, 1.165) is 29.9 Å². The van der Waals surface area contributed by atoms with Crippen LogP contribution in [0.4, 0.5) is 0 Å². The molecule has 1 aliphatic rings. The molecule has 1 aliphatic heterocycles. The molecule has 1 aromatic carbocycles. The summed E-state index contributed by atoms with van der Waals surface area (Å²) >= 11 is 0. The van der Waals surface area contributed by atoms with E-state index in [-0.39, 0.29) is 5.54 Å². The van der Waals surface area contributed by atoms with Crippen LogP contribution in [-0.4, -0.2) is 30.8 Å². The van der Waals surface area contributed by atoms with Gasteiger partial charge in [-0.3, -0.25) is 0 Å². The monoisotopic (exact) mass is 307 g/mol. The lowest BCUT2D eigenvalue weighted by Crippen LogP contribution is -2.51. The van der Waals surface area contributed by atoms with Crippen LogP contribution in [0.3, 0.4) is 0 Å². The zero-order valence-electron chi connectivity index (χ0n) is 12.8. The number of benzene rings is 1. The average molecular weight is 307 g/mol. The van der Waals surface area contributed by atoms with Crippen molar-refractivity contribution in [1.82, 2.24) is 14.9 Å². The Hall–Kier alpha value is -1.40. The maximum Gasteiger partial charge on any atom is 0.175 e. The van der Waals surface area contributed by atoms with E-state index in [4.69, 9.17) is 4.98 Å². The van der Waals surface area contributed by atoms with Crippen molar-refractivity contribution >= 4 is 20.9 Å². The largest absolute Gasteiger partial charge is 0.325 e. The normalized spacial score (nSPS) is 22.7. The molecule has 1 N–H and O–H groups in total. The number of rotatable bonds is 2. The Morgan fingerprint density at radius 2 is 2.10 bits per heavy atom. The van der Waals surface area contributed by atoms with E-state index in [9.17, 15) is 8.42 Å². The lowest BCUT2D eigenvalue weighted by molar-refractivity contribution is 0.215. The van der Waals surface area contributed by atoms with E-state index in [1.165, 1.54) is 6.26 Å². The molecule has 6 heteroatoms. The summed E-state index contributed by atoms with van der Waals surface area (Å²) in [6.07, 6.45) is 1.24. The highest BCUT2D eigenvalue weighted by Crippen LogP contribution is 2.34. The minimum atomic E-state index is -3.20. The van der Waals surface area contributed by atoms with Gasteiger partial charge in [0, 0.05) is 19.3 Å². The summed E-state index contributed by atoms with van der Waals surface area (Å²) < 4.78 is 25.7. The number of hydrogen-bond donors (Lipinski definition) is 1. The van der Waals surface area contributed by atoms with Gasteiger partial charge in [-0.2, -0.15) is 0 Å². The van der Waals surface area contributed by atoms with Crippen molar-refractivity contribution in [1.29, 1.82) is 0 Å². The van der Waals surface area contributed by atoms with Gasteiger partial charge in [-0.15, -0.1) is 0 Å². The summed E-state index contributed by atoms with van der Waals surface area (Å²) in [4.78, 5) is 5.11. The molecule has 3 rings (SSSR count). The minimum absolute atomic E-state index is 0.192. The Balaban J connectivity index is 2.28. The van der Waals surface area contributed by atoms with Gasteiger partial charge in [0.2, 0.25) is 0 Å². The molecule has 0 bridgehead atoms. The number of sulfone groups is 1. The first kappa shape index (κ1) is 14.5. The second-order valence-corrected chi connectivity index (χ2v) is 8.31. The SMILES string of the molecule is CC(C)[C@@]1(C)NCCn2c1nc1ccc(S(C)(=O)=O)cc12. The molecular formula is C15H21N3O2S. The fraction of sp³-hybridized carbons (Fsp3) is 0.533. The van der Waals surface area contributed by atoms with Crippen LogP contribution in [0.2, 0.25) is 0 Å². The Labute approximate surface area is 125 Å². The second kappa shape index (κ2) is 4.55. The third-order valence-electron chi connectivity index (χ3n) is 4.59.